The standard InChI is InChI=1S/C13H15Cl2NO3/c1-19-16-13(3-2-12(18)4-5-17)9-6-10(14)8-11(15)7-9/h6-8,17H,2-5H2,1H3. The molecule has 19 heavy (non-hydrogen) atoms. The van der Waals surface area contributed by atoms with Crippen LogP contribution in [0.2, 0.25) is 10.0 Å². The van der Waals surface area contributed by atoms with Crippen LogP contribution in [0.1, 0.15) is 24.8 Å². The van der Waals surface area contributed by atoms with Crippen LogP contribution in [0.25, 0.3) is 0 Å². The van der Waals surface area contributed by atoms with Crippen molar-refractivity contribution in [3.8, 4) is 0 Å². The second-order valence-electron chi connectivity index (χ2n) is 3.89. The first-order valence-corrected chi connectivity index (χ1v) is 6.51. The number of oxime groups is 1. The summed E-state index contributed by atoms with van der Waals surface area (Å²) in [6, 6.07) is 5.04. The summed E-state index contributed by atoms with van der Waals surface area (Å²) in [5.41, 5.74) is 1.31. The van der Waals surface area contributed by atoms with E-state index in [9.17, 15) is 4.79 Å². The quantitative estimate of drug-likeness (QED) is 0.622. The van der Waals surface area contributed by atoms with Crippen LogP contribution < -0.4 is 0 Å². The summed E-state index contributed by atoms with van der Waals surface area (Å²) < 4.78 is 0. The molecule has 0 heterocycles. The maximum absolute atomic E-state index is 11.4. The molecule has 0 bridgehead atoms. The minimum atomic E-state index is -0.140. The first-order valence-electron chi connectivity index (χ1n) is 5.76. The van der Waals surface area contributed by atoms with Crippen molar-refractivity contribution in [1.82, 2.24) is 0 Å². The number of rotatable bonds is 7. The zero-order valence-corrected chi connectivity index (χ0v) is 12.0. The van der Waals surface area contributed by atoms with Gasteiger partial charge >= 0.3 is 0 Å². The molecule has 1 rings (SSSR count). The molecule has 0 aliphatic rings. The number of carbonyl (C=O) groups is 1. The zero-order valence-electron chi connectivity index (χ0n) is 10.5. The molecule has 0 unspecified atom stereocenters. The van der Waals surface area contributed by atoms with Gasteiger partial charge in [0, 0.05) is 41.5 Å². The maximum atomic E-state index is 11.4. The molecule has 0 saturated carbocycles. The first kappa shape index (κ1) is 16.0. The fraction of sp³-hybridized carbons (Fsp3) is 0.385. The molecule has 4 nitrogen and oxygen atoms in total. The van der Waals surface area contributed by atoms with Crippen LogP contribution in [-0.4, -0.2) is 30.3 Å². The fourth-order valence-corrected chi connectivity index (χ4v) is 2.11. The molecule has 0 amide bonds. The number of hydrogen-bond donors (Lipinski definition) is 1. The Morgan fingerprint density at radius 2 is 1.84 bits per heavy atom. The molecule has 0 aliphatic carbocycles. The van der Waals surface area contributed by atoms with Crippen molar-refractivity contribution < 1.29 is 14.7 Å². The summed E-state index contributed by atoms with van der Waals surface area (Å²) in [4.78, 5) is 16.2. The Hall–Kier alpha value is -1.10. The largest absolute Gasteiger partial charge is 0.399 e. The van der Waals surface area contributed by atoms with Crippen molar-refractivity contribution in [3.05, 3.63) is 33.8 Å². The molecule has 104 valence electrons. The number of ketones is 1. The lowest BCUT2D eigenvalue weighted by Gasteiger charge is -2.07. The van der Waals surface area contributed by atoms with E-state index in [2.05, 4.69) is 5.16 Å². The van der Waals surface area contributed by atoms with E-state index in [-0.39, 0.29) is 25.2 Å². The smallest absolute Gasteiger partial charge is 0.135 e. The van der Waals surface area contributed by atoms with Gasteiger partial charge in [-0.15, -0.1) is 0 Å². The van der Waals surface area contributed by atoms with Crippen LogP contribution >= 0.6 is 23.2 Å². The summed E-state index contributed by atoms with van der Waals surface area (Å²) in [6.45, 7) is -0.140. The Labute approximate surface area is 122 Å². The van der Waals surface area contributed by atoms with Crippen LogP contribution in [0.15, 0.2) is 23.4 Å². The SMILES string of the molecule is CON=C(CCC(=O)CCO)c1cc(Cl)cc(Cl)c1. The van der Waals surface area contributed by atoms with Crippen LogP contribution in [0.4, 0.5) is 0 Å². The average Bonchev–Trinajstić information content (AvgIpc) is 2.33. The Balaban J connectivity index is 2.83. The van der Waals surface area contributed by atoms with Gasteiger partial charge in [-0.1, -0.05) is 28.4 Å². The molecule has 0 radical (unpaired) electrons. The summed E-state index contributed by atoms with van der Waals surface area (Å²) in [7, 11) is 1.43. The van der Waals surface area contributed by atoms with Crippen LogP contribution in [0.5, 0.6) is 0 Å². The molecule has 0 fully saturated rings. The van der Waals surface area contributed by atoms with Gasteiger partial charge in [0.2, 0.25) is 0 Å². The van der Waals surface area contributed by atoms with E-state index in [4.69, 9.17) is 33.1 Å². The molecule has 1 aromatic rings. The van der Waals surface area contributed by atoms with Gasteiger partial charge in [0.1, 0.15) is 12.9 Å². The third-order valence-corrected chi connectivity index (χ3v) is 2.86. The highest BCUT2D eigenvalue weighted by atomic mass is 35.5. The average molecular weight is 304 g/mol. The molecule has 6 heteroatoms. The number of nitrogens with zero attached hydrogens (tertiary/aromatic N) is 1. The molecular formula is C13H15Cl2NO3. The minimum absolute atomic E-state index is 0.0283. The minimum Gasteiger partial charge on any atom is -0.399 e. The molecule has 1 N–H and O–H groups in total. The van der Waals surface area contributed by atoms with Gasteiger partial charge in [-0.3, -0.25) is 4.79 Å². The molecule has 1 aromatic carbocycles. The van der Waals surface area contributed by atoms with E-state index >= 15 is 0 Å². The van der Waals surface area contributed by atoms with Crippen LogP contribution in [0, 0.1) is 0 Å². The predicted octanol–water partition coefficient (Wildman–Crippen LogP) is 3.08. The Morgan fingerprint density at radius 3 is 2.37 bits per heavy atom. The topological polar surface area (TPSA) is 58.9 Å². The highest BCUT2D eigenvalue weighted by molar-refractivity contribution is 6.35. The highest BCUT2D eigenvalue weighted by Crippen LogP contribution is 2.21. The molecule has 0 atom stereocenters. The van der Waals surface area contributed by atoms with Gasteiger partial charge in [0.15, 0.2) is 0 Å². The van der Waals surface area contributed by atoms with Crippen LogP contribution in [0.3, 0.4) is 0 Å². The van der Waals surface area contributed by atoms with Gasteiger partial charge < -0.3 is 9.94 Å². The monoisotopic (exact) mass is 303 g/mol. The van der Waals surface area contributed by atoms with E-state index < -0.39 is 0 Å². The Bertz CT molecular complexity index is 455. The van der Waals surface area contributed by atoms with Crippen molar-refractivity contribution in [2.75, 3.05) is 13.7 Å². The van der Waals surface area contributed by atoms with Gasteiger partial charge in [-0.25, -0.2) is 0 Å². The predicted molar refractivity (Wildman–Crippen MR) is 76.0 cm³/mol. The number of aliphatic hydroxyl groups is 1. The molecule has 0 aliphatic heterocycles. The molecule has 0 aromatic heterocycles. The summed E-state index contributed by atoms with van der Waals surface area (Å²) >= 11 is 11.9. The first-order chi connectivity index (χ1) is 9.06. The molecule has 0 spiro atoms. The third-order valence-electron chi connectivity index (χ3n) is 2.43. The molecule has 0 saturated heterocycles. The number of aliphatic hydroxyl groups excluding tert-OH is 1. The second-order valence-corrected chi connectivity index (χ2v) is 4.76. The zero-order chi connectivity index (χ0) is 14.3. The van der Waals surface area contributed by atoms with Gasteiger partial charge in [0.05, 0.1) is 5.71 Å². The maximum Gasteiger partial charge on any atom is 0.135 e. The molecular weight excluding hydrogens is 289 g/mol. The van der Waals surface area contributed by atoms with Crippen LogP contribution in [-0.2, 0) is 9.63 Å². The Kier molecular flexibility index (Phi) is 6.84. The number of halogens is 2. The normalized spacial score (nSPS) is 11.5. The van der Waals surface area contributed by atoms with Crippen molar-refractivity contribution >= 4 is 34.7 Å². The van der Waals surface area contributed by atoms with E-state index in [1.54, 1.807) is 18.2 Å². The fourth-order valence-electron chi connectivity index (χ4n) is 1.58. The van der Waals surface area contributed by atoms with Gasteiger partial charge in [-0.2, -0.15) is 0 Å². The van der Waals surface area contributed by atoms with E-state index in [1.807, 2.05) is 0 Å². The van der Waals surface area contributed by atoms with Gasteiger partial charge in [-0.05, 0) is 18.2 Å². The van der Waals surface area contributed by atoms with Gasteiger partial charge in [0.25, 0.3) is 0 Å². The third kappa shape index (κ3) is 5.59. The second kappa shape index (κ2) is 8.15. The van der Waals surface area contributed by atoms with Crippen molar-refractivity contribution in [1.29, 1.82) is 0 Å². The van der Waals surface area contributed by atoms with Crippen molar-refractivity contribution in [2.45, 2.75) is 19.3 Å². The number of Topliss-reactive ketones (excluding diaryl/α,β-unsaturated/α-hetero) is 1. The van der Waals surface area contributed by atoms with Crippen molar-refractivity contribution in [2.24, 2.45) is 5.16 Å². The summed E-state index contributed by atoms with van der Waals surface area (Å²) in [5.74, 6) is -0.0283. The number of benzene rings is 1. The van der Waals surface area contributed by atoms with E-state index in [0.29, 0.717) is 22.2 Å². The van der Waals surface area contributed by atoms with E-state index in [1.165, 1.54) is 7.11 Å². The lowest BCUT2D eigenvalue weighted by atomic mass is 10.0. The van der Waals surface area contributed by atoms with Crippen molar-refractivity contribution in [3.63, 3.8) is 0 Å². The Morgan fingerprint density at radius 1 is 1.21 bits per heavy atom. The number of carbonyl (C=O) groups excluding carboxylic acids is 1. The lowest BCUT2D eigenvalue weighted by molar-refractivity contribution is -0.119. The summed E-state index contributed by atoms with van der Waals surface area (Å²) in [5, 5.41) is 13.6. The summed E-state index contributed by atoms with van der Waals surface area (Å²) in [6.07, 6.45) is 0.840. The highest BCUT2D eigenvalue weighted by Gasteiger charge is 2.10. The lowest BCUT2D eigenvalue weighted by Crippen LogP contribution is -2.07. The number of hydrogen-bond acceptors (Lipinski definition) is 4. The van der Waals surface area contributed by atoms with E-state index in [0.717, 1.165) is 5.56 Å².